The molecule has 1 atom stereocenters. The van der Waals surface area contributed by atoms with Gasteiger partial charge >= 0.3 is 0 Å². The monoisotopic (exact) mass is 409 g/mol. The van der Waals surface area contributed by atoms with Gasteiger partial charge in [0.2, 0.25) is 0 Å². The molecule has 6 heteroatoms. The van der Waals surface area contributed by atoms with E-state index in [0.29, 0.717) is 5.56 Å². The molecule has 0 bridgehead atoms. The Morgan fingerprint density at radius 1 is 1.10 bits per heavy atom. The van der Waals surface area contributed by atoms with Crippen LogP contribution in [-0.4, -0.2) is 28.8 Å². The third-order valence-corrected chi connectivity index (χ3v) is 5.07. The minimum Gasteiger partial charge on any atom is -0.497 e. The Hall–Kier alpha value is -3.15. The zero-order valence-electron chi connectivity index (χ0n) is 17.9. The fourth-order valence-corrected chi connectivity index (χ4v) is 3.43. The summed E-state index contributed by atoms with van der Waals surface area (Å²) in [5.41, 5.74) is 3.28. The fourth-order valence-electron chi connectivity index (χ4n) is 3.43. The van der Waals surface area contributed by atoms with E-state index < -0.39 is 0 Å². The van der Waals surface area contributed by atoms with Crippen molar-refractivity contribution in [3.8, 4) is 11.4 Å². The Morgan fingerprint density at radius 3 is 2.37 bits per heavy atom. The van der Waals surface area contributed by atoms with E-state index in [4.69, 9.17) is 4.74 Å². The molecule has 30 heavy (non-hydrogen) atoms. The van der Waals surface area contributed by atoms with Crippen molar-refractivity contribution in [1.82, 2.24) is 15.1 Å². The van der Waals surface area contributed by atoms with E-state index in [2.05, 4.69) is 10.4 Å². The number of aromatic nitrogens is 2. The van der Waals surface area contributed by atoms with Crippen molar-refractivity contribution < 1.29 is 13.9 Å². The average molecular weight is 410 g/mol. The molecule has 3 aromatic rings. The van der Waals surface area contributed by atoms with Crippen LogP contribution in [0.3, 0.4) is 0 Å². The highest BCUT2D eigenvalue weighted by molar-refractivity contribution is 5.95. The van der Waals surface area contributed by atoms with E-state index in [1.807, 2.05) is 45.0 Å². The summed E-state index contributed by atoms with van der Waals surface area (Å²) < 4.78 is 20.2. The number of methoxy groups -OCH3 is 1. The van der Waals surface area contributed by atoms with E-state index in [0.717, 1.165) is 30.0 Å². The van der Waals surface area contributed by atoms with Crippen LogP contribution in [-0.2, 0) is 6.42 Å². The maximum absolute atomic E-state index is 13.3. The van der Waals surface area contributed by atoms with E-state index in [1.165, 1.54) is 17.7 Å². The molecule has 0 radical (unpaired) electrons. The molecule has 0 aliphatic carbocycles. The lowest BCUT2D eigenvalue weighted by molar-refractivity contribution is 0.0937. The van der Waals surface area contributed by atoms with Crippen LogP contribution >= 0.6 is 0 Å². The van der Waals surface area contributed by atoms with Gasteiger partial charge in [0.15, 0.2) is 0 Å². The molecule has 0 fully saturated rings. The first-order valence-corrected chi connectivity index (χ1v) is 10.2. The summed E-state index contributed by atoms with van der Waals surface area (Å²) in [5.74, 6) is 0.460. The summed E-state index contributed by atoms with van der Waals surface area (Å²) in [4.78, 5) is 12.9. The van der Waals surface area contributed by atoms with E-state index in [9.17, 15) is 9.18 Å². The second-order valence-corrected chi connectivity index (χ2v) is 7.75. The molecule has 5 nitrogen and oxygen atoms in total. The van der Waals surface area contributed by atoms with Crippen LogP contribution in [0.5, 0.6) is 5.75 Å². The summed E-state index contributed by atoms with van der Waals surface area (Å²) in [6.07, 6.45) is 3.27. The number of benzene rings is 2. The molecular formula is C24H28FN3O2. The number of carbonyl (C=O) groups is 1. The average Bonchev–Trinajstić information content (AvgIpc) is 3.19. The third kappa shape index (κ3) is 5.06. The predicted octanol–water partition coefficient (Wildman–Crippen LogP) is 4.89. The molecule has 0 aliphatic heterocycles. The second-order valence-electron chi connectivity index (χ2n) is 7.75. The van der Waals surface area contributed by atoms with Gasteiger partial charge in [-0.1, -0.05) is 26.0 Å². The van der Waals surface area contributed by atoms with Crippen LogP contribution in [0.1, 0.15) is 54.7 Å². The lowest BCUT2D eigenvalue weighted by atomic mass is 10.0. The van der Waals surface area contributed by atoms with Crippen molar-refractivity contribution in [2.45, 2.75) is 45.6 Å². The maximum atomic E-state index is 13.3. The highest BCUT2D eigenvalue weighted by atomic mass is 19.1. The first-order valence-electron chi connectivity index (χ1n) is 10.2. The summed E-state index contributed by atoms with van der Waals surface area (Å²) in [6, 6.07) is 14.1. The molecule has 3 rings (SSSR count). The number of ether oxygens (including phenoxy) is 1. The predicted molar refractivity (Wildman–Crippen MR) is 116 cm³/mol. The number of hydrogen-bond donors (Lipinski definition) is 1. The number of aryl methyl sites for hydroxylation is 1. The number of nitrogens with zero attached hydrogens (tertiary/aromatic N) is 2. The minimum absolute atomic E-state index is 0.00813. The molecule has 1 amide bonds. The molecule has 158 valence electrons. The lowest BCUT2D eigenvalue weighted by Gasteiger charge is -2.16. The van der Waals surface area contributed by atoms with Crippen molar-refractivity contribution in [2.75, 3.05) is 7.11 Å². The van der Waals surface area contributed by atoms with Crippen LogP contribution < -0.4 is 10.1 Å². The van der Waals surface area contributed by atoms with Gasteiger partial charge in [0.1, 0.15) is 11.6 Å². The van der Waals surface area contributed by atoms with Crippen LogP contribution in [0.15, 0.2) is 54.7 Å². The van der Waals surface area contributed by atoms with Crippen LogP contribution in [0.25, 0.3) is 5.69 Å². The standard InChI is InChI=1S/C24H28FN3O2/c1-16(2)23-22(15-26-28(23)20-11-9-19(25)10-12-20)24(29)27-17(3)5-6-18-7-13-21(30-4)14-8-18/h7-17H,5-6H2,1-4H3,(H,27,29). The quantitative estimate of drug-likeness (QED) is 0.576. The van der Waals surface area contributed by atoms with E-state index >= 15 is 0 Å². The Labute approximate surface area is 176 Å². The third-order valence-electron chi connectivity index (χ3n) is 5.07. The minimum atomic E-state index is -0.305. The van der Waals surface area contributed by atoms with Crippen LogP contribution in [0, 0.1) is 5.82 Å². The number of carbonyl (C=O) groups excluding carboxylic acids is 1. The van der Waals surface area contributed by atoms with Crippen molar-refractivity contribution in [2.24, 2.45) is 0 Å². The number of nitrogens with one attached hydrogen (secondary N) is 1. The molecular weight excluding hydrogens is 381 g/mol. The smallest absolute Gasteiger partial charge is 0.254 e. The largest absolute Gasteiger partial charge is 0.497 e. The molecule has 1 N–H and O–H groups in total. The van der Waals surface area contributed by atoms with E-state index in [-0.39, 0.29) is 23.7 Å². The van der Waals surface area contributed by atoms with Gasteiger partial charge in [-0.2, -0.15) is 5.10 Å². The van der Waals surface area contributed by atoms with Crippen molar-refractivity contribution in [3.05, 3.63) is 77.4 Å². The summed E-state index contributed by atoms with van der Waals surface area (Å²) in [7, 11) is 1.65. The Morgan fingerprint density at radius 2 is 1.77 bits per heavy atom. The molecule has 2 aromatic carbocycles. The van der Waals surface area contributed by atoms with Gasteiger partial charge in [-0.15, -0.1) is 0 Å². The maximum Gasteiger partial charge on any atom is 0.254 e. The summed E-state index contributed by atoms with van der Waals surface area (Å²) in [6.45, 7) is 6.03. The Balaban J connectivity index is 1.69. The summed E-state index contributed by atoms with van der Waals surface area (Å²) in [5, 5.41) is 7.48. The molecule has 0 saturated carbocycles. The molecule has 1 aromatic heterocycles. The van der Waals surface area contributed by atoms with Crippen molar-refractivity contribution in [3.63, 3.8) is 0 Å². The normalized spacial score (nSPS) is 12.1. The zero-order valence-corrected chi connectivity index (χ0v) is 17.9. The van der Waals surface area contributed by atoms with E-state index in [1.54, 1.807) is 30.1 Å². The van der Waals surface area contributed by atoms with Gasteiger partial charge in [0.25, 0.3) is 5.91 Å². The number of hydrogen-bond acceptors (Lipinski definition) is 3. The first kappa shape index (κ1) is 21.6. The van der Waals surface area contributed by atoms with Gasteiger partial charge in [-0.3, -0.25) is 4.79 Å². The highest BCUT2D eigenvalue weighted by Gasteiger charge is 2.22. The highest BCUT2D eigenvalue weighted by Crippen LogP contribution is 2.23. The Kier molecular flexibility index (Phi) is 6.87. The van der Waals surface area contributed by atoms with Gasteiger partial charge in [-0.25, -0.2) is 9.07 Å². The van der Waals surface area contributed by atoms with Crippen LogP contribution in [0.4, 0.5) is 4.39 Å². The van der Waals surface area contributed by atoms with Gasteiger partial charge in [0.05, 0.1) is 30.3 Å². The molecule has 0 aliphatic rings. The first-order chi connectivity index (χ1) is 14.4. The summed E-state index contributed by atoms with van der Waals surface area (Å²) >= 11 is 0. The molecule has 0 spiro atoms. The number of amides is 1. The Bertz CT molecular complexity index is 979. The van der Waals surface area contributed by atoms with Crippen molar-refractivity contribution >= 4 is 5.91 Å². The molecule has 1 heterocycles. The van der Waals surface area contributed by atoms with Crippen LogP contribution in [0.2, 0.25) is 0 Å². The van der Waals surface area contributed by atoms with Gasteiger partial charge < -0.3 is 10.1 Å². The second kappa shape index (κ2) is 9.57. The van der Waals surface area contributed by atoms with Gasteiger partial charge in [-0.05, 0) is 67.6 Å². The zero-order chi connectivity index (χ0) is 21.7. The molecule has 0 saturated heterocycles. The lowest BCUT2D eigenvalue weighted by Crippen LogP contribution is -2.33. The fraction of sp³-hybridized carbons (Fsp3) is 0.333. The molecule has 1 unspecified atom stereocenters. The topological polar surface area (TPSA) is 56.1 Å². The SMILES string of the molecule is COc1ccc(CCC(C)NC(=O)c2cnn(-c3ccc(F)cc3)c2C(C)C)cc1. The van der Waals surface area contributed by atoms with Gasteiger partial charge in [0, 0.05) is 6.04 Å². The number of rotatable bonds is 8. The van der Waals surface area contributed by atoms with Crippen molar-refractivity contribution in [1.29, 1.82) is 0 Å². The number of halogens is 1.